The van der Waals surface area contributed by atoms with Crippen LogP contribution in [0.25, 0.3) is 11.0 Å². The zero-order valence-corrected chi connectivity index (χ0v) is 15.5. The quantitative estimate of drug-likeness (QED) is 0.627. The number of amides is 2. The fraction of sp³-hybridized carbons (Fsp3) is 0.350. The Morgan fingerprint density at radius 3 is 2.86 bits per heavy atom. The van der Waals surface area contributed by atoms with Crippen molar-refractivity contribution in [1.82, 2.24) is 30.2 Å². The molecule has 0 spiro atoms. The average molecular weight is 378 g/mol. The van der Waals surface area contributed by atoms with Crippen molar-refractivity contribution in [1.29, 1.82) is 0 Å². The average Bonchev–Trinajstić information content (AvgIpc) is 3.30. The minimum absolute atomic E-state index is 0.0195. The van der Waals surface area contributed by atoms with E-state index in [0.717, 1.165) is 23.0 Å². The highest BCUT2D eigenvalue weighted by atomic mass is 16.2. The smallest absolute Gasteiger partial charge is 0.225 e. The van der Waals surface area contributed by atoms with E-state index >= 15 is 0 Å². The predicted octanol–water partition coefficient (Wildman–Crippen LogP) is 1.38. The van der Waals surface area contributed by atoms with Gasteiger partial charge in [-0.15, -0.1) is 5.10 Å². The van der Waals surface area contributed by atoms with Crippen molar-refractivity contribution < 1.29 is 9.59 Å². The zero-order valence-electron chi connectivity index (χ0n) is 15.5. The molecule has 144 valence electrons. The van der Waals surface area contributed by atoms with Crippen LogP contribution in [0.2, 0.25) is 0 Å². The first-order valence-electron chi connectivity index (χ1n) is 9.43. The van der Waals surface area contributed by atoms with Gasteiger partial charge in [0.1, 0.15) is 5.52 Å². The highest BCUT2D eigenvalue weighted by Gasteiger charge is 2.33. The van der Waals surface area contributed by atoms with E-state index in [1.165, 1.54) is 0 Å². The van der Waals surface area contributed by atoms with Crippen LogP contribution in [-0.2, 0) is 22.7 Å². The molecule has 0 radical (unpaired) electrons. The van der Waals surface area contributed by atoms with Crippen LogP contribution in [0.1, 0.15) is 18.4 Å². The molecule has 1 fully saturated rings. The Bertz CT molecular complexity index is 971. The molecule has 1 saturated heterocycles. The molecule has 2 amide bonds. The van der Waals surface area contributed by atoms with Gasteiger partial charge in [0, 0.05) is 45.0 Å². The maximum atomic E-state index is 12.4. The van der Waals surface area contributed by atoms with Crippen molar-refractivity contribution >= 4 is 22.8 Å². The number of likely N-dealkylation sites (tertiary alicyclic amines) is 1. The second-order valence-electron chi connectivity index (χ2n) is 6.98. The summed E-state index contributed by atoms with van der Waals surface area (Å²) in [7, 11) is 0. The number of rotatable bonds is 7. The lowest BCUT2D eigenvalue weighted by molar-refractivity contribution is -0.129. The molecule has 3 heterocycles. The molecule has 1 aliphatic heterocycles. The normalized spacial score (nSPS) is 16.6. The largest absolute Gasteiger partial charge is 0.356 e. The molecule has 1 aliphatic rings. The molecule has 4 rings (SSSR count). The topological polar surface area (TPSA) is 93.0 Å². The van der Waals surface area contributed by atoms with Crippen LogP contribution >= 0.6 is 0 Å². The molecule has 0 aliphatic carbocycles. The molecular formula is C20H22N6O2. The molecule has 8 nitrogen and oxygen atoms in total. The van der Waals surface area contributed by atoms with Crippen LogP contribution in [0.4, 0.5) is 0 Å². The van der Waals surface area contributed by atoms with Gasteiger partial charge in [-0.05, 0) is 36.2 Å². The lowest BCUT2D eigenvalue weighted by atomic mass is 10.1. The number of para-hydroxylation sites is 1. The summed E-state index contributed by atoms with van der Waals surface area (Å²) < 4.78 is 1.84. The number of nitrogens with zero attached hydrogens (tertiary/aromatic N) is 5. The molecule has 1 atom stereocenters. The van der Waals surface area contributed by atoms with Gasteiger partial charge in [-0.2, -0.15) is 0 Å². The summed E-state index contributed by atoms with van der Waals surface area (Å²) in [6, 6.07) is 11.6. The van der Waals surface area contributed by atoms with Crippen molar-refractivity contribution in [3.63, 3.8) is 0 Å². The van der Waals surface area contributed by atoms with Gasteiger partial charge in [0.2, 0.25) is 11.8 Å². The van der Waals surface area contributed by atoms with Gasteiger partial charge in [0.25, 0.3) is 0 Å². The number of hydrogen-bond acceptors (Lipinski definition) is 5. The van der Waals surface area contributed by atoms with Crippen LogP contribution in [0.3, 0.4) is 0 Å². The van der Waals surface area contributed by atoms with Crippen molar-refractivity contribution in [2.45, 2.75) is 25.9 Å². The molecule has 0 saturated carbocycles. The Kier molecular flexibility index (Phi) is 5.27. The van der Waals surface area contributed by atoms with Crippen LogP contribution in [0.15, 0.2) is 48.8 Å². The van der Waals surface area contributed by atoms with Gasteiger partial charge >= 0.3 is 0 Å². The van der Waals surface area contributed by atoms with Crippen molar-refractivity contribution in [3.8, 4) is 0 Å². The third kappa shape index (κ3) is 4.00. The molecule has 3 aromatic rings. The minimum atomic E-state index is -0.290. The van der Waals surface area contributed by atoms with E-state index in [2.05, 4.69) is 20.6 Å². The fourth-order valence-electron chi connectivity index (χ4n) is 3.48. The maximum absolute atomic E-state index is 12.4. The van der Waals surface area contributed by atoms with E-state index in [0.29, 0.717) is 26.2 Å². The molecule has 1 N–H and O–H groups in total. The number of benzene rings is 1. The molecule has 1 aromatic carbocycles. The summed E-state index contributed by atoms with van der Waals surface area (Å²) in [5.74, 6) is -0.332. The third-order valence-corrected chi connectivity index (χ3v) is 4.97. The monoisotopic (exact) mass is 378 g/mol. The van der Waals surface area contributed by atoms with Gasteiger partial charge in [0.05, 0.1) is 11.4 Å². The van der Waals surface area contributed by atoms with Crippen molar-refractivity contribution in [2.24, 2.45) is 5.92 Å². The molecule has 0 bridgehead atoms. The third-order valence-electron chi connectivity index (χ3n) is 4.97. The summed E-state index contributed by atoms with van der Waals surface area (Å²) >= 11 is 0. The van der Waals surface area contributed by atoms with Crippen molar-refractivity contribution in [3.05, 3.63) is 54.4 Å². The summed E-state index contributed by atoms with van der Waals surface area (Å²) in [4.78, 5) is 30.4. The van der Waals surface area contributed by atoms with E-state index in [9.17, 15) is 9.59 Å². The van der Waals surface area contributed by atoms with Gasteiger partial charge in [-0.25, -0.2) is 4.68 Å². The number of aryl methyl sites for hydroxylation is 1. The number of nitrogens with one attached hydrogen (secondary N) is 1. The van der Waals surface area contributed by atoms with Gasteiger partial charge in [0.15, 0.2) is 0 Å². The van der Waals surface area contributed by atoms with Crippen molar-refractivity contribution in [2.75, 3.05) is 13.1 Å². The first-order valence-corrected chi connectivity index (χ1v) is 9.43. The van der Waals surface area contributed by atoms with Crippen LogP contribution in [0, 0.1) is 5.92 Å². The van der Waals surface area contributed by atoms with E-state index in [-0.39, 0.29) is 24.2 Å². The minimum Gasteiger partial charge on any atom is -0.356 e. The van der Waals surface area contributed by atoms with Crippen LogP contribution in [0.5, 0.6) is 0 Å². The van der Waals surface area contributed by atoms with E-state index in [1.54, 1.807) is 17.3 Å². The van der Waals surface area contributed by atoms with Gasteiger partial charge in [-0.3, -0.25) is 14.6 Å². The molecule has 8 heteroatoms. The number of carbonyl (C=O) groups is 2. The number of aromatic nitrogens is 4. The zero-order chi connectivity index (χ0) is 19.3. The maximum Gasteiger partial charge on any atom is 0.225 e. The second kappa shape index (κ2) is 8.16. The Balaban J connectivity index is 1.23. The number of carbonyl (C=O) groups excluding carboxylic acids is 2. The second-order valence-corrected chi connectivity index (χ2v) is 6.98. The van der Waals surface area contributed by atoms with Crippen LogP contribution < -0.4 is 5.32 Å². The summed E-state index contributed by atoms with van der Waals surface area (Å²) in [5, 5.41) is 11.2. The summed E-state index contributed by atoms with van der Waals surface area (Å²) in [5.41, 5.74) is 2.87. The Labute approximate surface area is 162 Å². The predicted molar refractivity (Wildman–Crippen MR) is 103 cm³/mol. The fourth-order valence-corrected chi connectivity index (χ4v) is 3.48. The van der Waals surface area contributed by atoms with E-state index in [4.69, 9.17) is 0 Å². The molecule has 2 aromatic heterocycles. The first-order chi connectivity index (χ1) is 13.7. The number of fused-ring (bicyclic) bond motifs is 1. The number of hydrogen-bond donors (Lipinski definition) is 1. The highest BCUT2D eigenvalue weighted by molar-refractivity contribution is 5.89. The lowest BCUT2D eigenvalue weighted by Gasteiger charge is -2.16. The Hall–Kier alpha value is -3.29. The molecule has 1 unspecified atom stereocenters. The Morgan fingerprint density at radius 1 is 1.18 bits per heavy atom. The van der Waals surface area contributed by atoms with Crippen LogP contribution in [-0.4, -0.2) is 49.8 Å². The Morgan fingerprint density at radius 2 is 2.00 bits per heavy atom. The molecular weight excluding hydrogens is 356 g/mol. The van der Waals surface area contributed by atoms with Gasteiger partial charge < -0.3 is 10.2 Å². The number of pyridine rings is 1. The SMILES string of the molecule is O=C(NCCCn1nnc2ccccc21)C1CC(=O)N(Cc2ccncc2)C1. The van der Waals surface area contributed by atoms with Gasteiger partial charge in [-0.1, -0.05) is 17.3 Å². The van der Waals surface area contributed by atoms with E-state index in [1.807, 2.05) is 41.1 Å². The standard InChI is InChI=1S/C20H22N6O2/c27-19-12-16(14-25(19)13-15-6-9-21-10-7-15)20(28)22-8-3-11-26-18-5-2-1-4-17(18)23-24-26/h1-2,4-7,9-10,16H,3,8,11-14H2,(H,22,28). The first kappa shape index (κ1) is 18.1. The van der Waals surface area contributed by atoms with E-state index < -0.39 is 0 Å². The summed E-state index contributed by atoms with van der Waals surface area (Å²) in [6.07, 6.45) is 4.43. The lowest BCUT2D eigenvalue weighted by Crippen LogP contribution is -2.33. The summed E-state index contributed by atoms with van der Waals surface area (Å²) in [6.45, 7) is 2.20. The molecule has 28 heavy (non-hydrogen) atoms. The highest BCUT2D eigenvalue weighted by Crippen LogP contribution is 2.20.